The summed E-state index contributed by atoms with van der Waals surface area (Å²) in [5.41, 5.74) is 1.68. The highest BCUT2D eigenvalue weighted by Crippen LogP contribution is 2.67. The van der Waals surface area contributed by atoms with Gasteiger partial charge >= 0.3 is 0 Å². The summed E-state index contributed by atoms with van der Waals surface area (Å²) in [6.07, 6.45) is 15.2. The zero-order valence-corrected chi connectivity index (χ0v) is 19.7. The van der Waals surface area contributed by atoms with Gasteiger partial charge in [0.15, 0.2) is 0 Å². The quantitative estimate of drug-likeness (QED) is 0.515. The summed E-state index contributed by atoms with van der Waals surface area (Å²) in [7, 11) is 0. The summed E-state index contributed by atoms with van der Waals surface area (Å²) >= 11 is 0. The van der Waals surface area contributed by atoms with Crippen LogP contribution in [0.5, 0.6) is 0 Å². The molecule has 0 aromatic rings. The smallest absolute Gasteiger partial charge is 0.0653 e. The molecule has 0 aliphatic heterocycles. The monoisotopic (exact) mass is 402 g/mol. The van der Waals surface area contributed by atoms with Crippen LogP contribution in [0.15, 0.2) is 11.6 Å². The molecule has 4 aliphatic rings. The van der Waals surface area contributed by atoms with Gasteiger partial charge < -0.3 is 10.2 Å². The van der Waals surface area contributed by atoms with Crippen LogP contribution < -0.4 is 0 Å². The highest BCUT2D eigenvalue weighted by Gasteiger charge is 2.61. The van der Waals surface area contributed by atoms with E-state index in [-0.39, 0.29) is 6.10 Å². The zero-order chi connectivity index (χ0) is 21.0. The number of fused-ring (bicyclic) bond motifs is 5. The second kappa shape index (κ2) is 7.66. The predicted octanol–water partition coefficient (Wildman–Crippen LogP) is 6.50. The number of allylic oxidation sites excluding steroid dienone is 1. The molecule has 0 spiro atoms. The summed E-state index contributed by atoms with van der Waals surface area (Å²) < 4.78 is 0. The minimum Gasteiger partial charge on any atom is -0.393 e. The van der Waals surface area contributed by atoms with Crippen molar-refractivity contribution in [2.24, 2.45) is 40.4 Å². The molecule has 0 amide bonds. The van der Waals surface area contributed by atoms with E-state index in [0.29, 0.717) is 16.7 Å². The molecule has 3 saturated carbocycles. The third kappa shape index (κ3) is 3.65. The highest BCUT2D eigenvalue weighted by atomic mass is 16.3. The summed E-state index contributed by atoms with van der Waals surface area (Å²) in [5, 5.41) is 21.8. The van der Waals surface area contributed by atoms with Crippen molar-refractivity contribution in [3.63, 3.8) is 0 Å². The molecule has 4 unspecified atom stereocenters. The maximum absolute atomic E-state index is 11.6. The molecule has 2 nitrogen and oxygen atoms in total. The number of aliphatic hydroxyl groups is 2. The highest BCUT2D eigenvalue weighted by molar-refractivity contribution is 5.25. The van der Waals surface area contributed by atoms with Crippen molar-refractivity contribution in [1.29, 1.82) is 0 Å². The van der Waals surface area contributed by atoms with Gasteiger partial charge in [0.1, 0.15) is 0 Å². The first-order chi connectivity index (χ1) is 13.6. The maximum Gasteiger partial charge on any atom is 0.0653 e. The molecular formula is C27H46O2. The van der Waals surface area contributed by atoms with E-state index >= 15 is 0 Å². The largest absolute Gasteiger partial charge is 0.393 e. The fraction of sp³-hybridized carbons (Fsp3) is 0.926. The van der Waals surface area contributed by atoms with Gasteiger partial charge in [0.25, 0.3) is 0 Å². The lowest BCUT2D eigenvalue weighted by atomic mass is 9.46. The fourth-order valence-electron chi connectivity index (χ4n) is 8.71. The van der Waals surface area contributed by atoms with E-state index in [2.05, 4.69) is 40.7 Å². The third-order valence-electron chi connectivity index (χ3n) is 10.3. The molecule has 8 atom stereocenters. The van der Waals surface area contributed by atoms with Gasteiger partial charge in [-0.25, -0.2) is 0 Å². The SMILES string of the molecule is CC(C)CCC[C@](C)(O)C1CCC2C3CC=C4C[C@@H](O)CC[C@]4(C)C3CC[C@@]21C. The molecule has 0 aromatic heterocycles. The Labute approximate surface area is 179 Å². The van der Waals surface area contributed by atoms with Crippen LogP contribution in [-0.4, -0.2) is 21.9 Å². The molecule has 3 fully saturated rings. The Morgan fingerprint density at radius 1 is 1.10 bits per heavy atom. The number of hydrogen-bond acceptors (Lipinski definition) is 2. The van der Waals surface area contributed by atoms with Crippen molar-refractivity contribution in [2.75, 3.05) is 0 Å². The van der Waals surface area contributed by atoms with Crippen molar-refractivity contribution in [1.82, 2.24) is 0 Å². The molecule has 2 N–H and O–H groups in total. The lowest BCUT2D eigenvalue weighted by Crippen LogP contribution is -2.53. The minimum absolute atomic E-state index is 0.114. The van der Waals surface area contributed by atoms with Gasteiger partial charge in [-0.05, 0) is 105 Å². The molecule has 0 aromatic carbocycles. The molecule has 2 heteroatoms. The van der Waals surface area contributed by atoms with Crippen molar-refractivity contribution < 1.29 is 10.2 Å². The molecule has 166 valence electrons. The molecular weight excluding hydrogens is 356 g/mol. The average molecular weight is 403 g/mol. The van der Waals surface area contributed by atoms with E-state index < -0.39 is 5.60 Å². The van der Waals surface area contributed by atoms with E-state index in [1.54, 1.807) is 5.57 Å². The van der Waals surface area contributed by atoms with E-state index in [9.17, 15) is 10.2 Å². The van der Waals surface area contributed by atoms with E-state index in [1.807, 2.05) is 0 Å². The van der Waals surface area contributed by atoms with Crippen LogP contribution in [0.3, 0.4) is 0 Å². The van der Waals surface area contributed by atoms with Crippen LogP contribution in [-0.2, 0) is 0 Å². The molecule has 4 rings (SSSR count). The Balaban J connectivity index is 1.53. The number of rotatable bonds is 5. The van der Waals surface area contributed by atoms with Crippen molar-refractivity contribution in [3.05, 3.63) is 11.6 Å². The summed E-state index contributed by atoms with van der Waals surface area (Å²) in [4.78, 5) is 0. The molecule has 0 heterocycles. The zero-order valence-electron chi connectivity index (χ0n) is 19.7. The number of aliphatic hydroxyl groups excluding tert-OH is 1. The summed E-state index contributed by atoms with van der Waals surface area (Å²) in [5.74, 6) is 3.53. The fourth-order valence-corrected chi connectivity index (χ4v) is 8.71. The Bertz CT molecular complexity index is 634. The van der Waals surface area contributed by atoms with Gasteiger partial charge in [0.05, 0.1) is 11.7 Å². The topological polar surface area (TPSA) is 40.5 Å². The van der Waals surface area contributed by atoms with Gasteiger partial charge in [0.2, 0.25) is 0 Å². The van der Waals surface area contributed by atoms with Crippen molar-refractivity contribution >= 4 is 0 Å². The Kier molecular flexibility index (Phi) is 5.78. The van der Waals surface area contributed by atoms with Crippen molar-refractivity contribution in [2.45, 2.75) is 117 Å². The maximum atomic E-state index is 11.6. The Morgan fingerprint density at radius 3 is 2.59 bits per heavy atom. The van der Waals surface area contributed by atoms with Crippen LogP contribution in [0.4, 0.5) is 0 Å². The molecule has 29 heavy (non-hydrogen) atoms. The van der Waals surface area contributed by atoms with Crippen LogP contribution in [0.2, 0.25) is 0 Å². The van der Waals surface area contributed by atoms with Crippen molar-refractivity contribution in [3.8, 4) is 0 Å². The number of hydrogen-bond donors (Lipinski definition) is 2. The van der Waals surface area contributed by atoms with Crippen LogP contribution >= 0.6 is 0 Å². The lowest BCUT2D eigenvalue weighted by molar-refractivity contribution is -0.105. The Hall–Kier alpha value is -0.340. The van der Waals surface area contributed by atoms with Crippen LogP contribution in [0.1, 0.15) is 105 Å². The predicted molar refractivity (Wildman–Crippen MR) is 121 cm³/mol. The lowest BCUT2D eigenvalue weighted by Gasteiger charge is -2.59. The third-order valence-corrected chi connectivity index (χ3v) is 10.3. The molecule has 4 aliphatic carbocycles. The van der Waals surface area contributed by atoms with Gasteiger partial charge in [-0.2, -0.15) is 0 Å². The second-order valence-corrected chi connectivity index (χ2v) is 12.5. The Morgan fingerprint density at radius 2 is 1.86 bits per heavy atom. The van der Waals surface area contributed by atoms with Crippen LogP contribution in [0, 0.1) is 40.4 Å². The van der Waals surface area contributed by atoms with Gasteiger partial charge in [-0.15, -0.1) is 0 Å². The molecule has 0 bridgehead atoms. The summed E-state index contributed by atoms with van der Waals surface area (Å²) in [6, 6.07) is 0. The normalized spacial score (nSPS) is 46.5. The first-order valence-electron chi connectivity index (χ1n) is 12.7. The first-order valence-corrected chi connectivity index (χ1v) is 12.7. The van der Waals surface area contributed by atoms with Gasteiger partial charge in [0, 0.05) is 0 Å². The standard InChI is InChI=1S/C27H46O2/c1-18(2)7-6-14-27(5,29)24-11-10-22-21-9-8-19-17-20(28)12-15-25(19,3)23(21)13-16-26(22,24)4/h8,18,20-24,28-29H,6-7,9-17H2,1-5H3/t20-,21?,22?,23?,24?,25-,26-,27-/m0/s1. The van der Waals surface area contributed by atoms with E-state index in [0.717, 1.165) is 49.4 Å². The first kappa shape index (κ1) is 21.9. The molecule has 0 saturated heterocycles. The average Bonchev–Trinajstić information content (AvgIpc) is 3.00. The van der Waals surface area contributed by atoms with Gasteiger partial charge in [-0.3, -0.25) is 0 Å². The minimum atomic E-state index is -0.514. The summed E-state index contributed by atoms with van der Waals surface area (Å²) in [6.45, 7) is 11.8. The second-order valence-electron chi connectivity index (χ2n) is 12.5. The van der Waals surface area contributed by atoms with E-state index in [4.69, 9.17) is 0 Å². The molecule has 0 radical (unpaired) electrons. The van der Waals surface area contributed by atoms with Gasteiger partial charge in [-0.1, -0.05) is 52.2 Å². The van der Waals surface area contributed by atoms with Crippen LogP contribution in [0.25, 0.3) is 0 Å². The van der Waals surface area contributed by atoms with E-state index in [1.165, 1.54) is 44.9 Å².